The largest absolute Gasteiger partial charge is 0.478 e. The van der Waals surface area contributed by atoms with E-state index in [1.54, 1.807) is 6.92 Å². The first kappa shape index (κ1) is 55.2. The van der Waals surface area contributed by atoms with Crippen LogP contribution in [0, 0.1) is 5.92 Å². The van der Waals surface area contributed by atoms with E-state index in [1.807, 2.05) is 6.92 Å². The number of hydrogen-bond acceptors (Lipinski definition) is 13. The van der Waals surface area contributed by atoms with Crippen LogP contribution in [0.3, 0.4) is 0 Å². The number of benzene rings is 2. The molecule has 4 atom stereocenters. The van der Waals surface area contributed by atoms with Crippen molar-refractivity contribution in [2.45, 2.75) is 102 Å². The van der Waals surface area contributed by atoms with Crippen molar-refractivity contribution in [3.63, 3.8) is 0 Å². The van der Waals surface area contributed by atoms with E-state index < -0.39 is 74.6 Å². The topological polar surface area (TPSA) is 382 Å². The highest BCUT2D eigenvalue weighted by atomic mass is 31.2. The highest BCUT2D eigenvalue weighted by Crippen LogP contribution is 2.67. The minimum atomic E-state index is -5.68. The van der Waals surface area contributed by atoms with Gasteiger partial charge in [0.15, 0.2) is 0 Å². The molecule has 0 bridgehead atoms. The van der Waals surface area contributed by atoms with Crippen LogP contribution in [0.25, 0.3) is 0 Å². The lowest BCUT2D eigenvalue weighted by Crippen LogP contribution is -2.55. The number of nitrogens with one attached hydrogen (secondary N) is 5. The van der Waals surface area contributed by atoms with Crippen LogP contribution in [-0.4, -0.2) is 124 Å². The van der Waals surface area contributed by atoms with Gasteiger partial charge in [-0.15, -0.1) is 0 Å². The van der Waals surface area contributed by atoms with Crippen molar-refractivity contribution in [3.05, 3.63) is 77.4 Å². The number of aliphatic hydroxyl groups is 2. The van der Waals surface area contributed by atoms with Gasteiger partial charge in [-0.05, 0) is 74.0 Å². The maximum atomic E-state index is 14.1. The van der Waals surface area contributed by atoms with Crippen LogP contribution in [0.1, 0.15) is 95.4 Å². The predicted octanol–water partition coefficient (Wildman–Crippen LogP) is 0.345. The number of rotatable bonds is 23. The molecule has 3 aromatic rings. The average Bonchev–Trinajstić information content (AvgIpc) is 3.71. The zero-order valence-corrected chi connectivity index (χ0v) is 39.4. The number of nitrogens with two attached hydrogens (primary N) is 1. The summed E-state index contributed by atoms with van der Waals surface area (Å²) in [5, 5.41) is 40.8. The van der Waals surface area contributed by atoms with E-state index in [-0.39, 0.29) is 98.3 Å². The third-order valence-electron chi connectivity index (χ3n) is 11.3. The lowest BCUT2D eigenvalue weighted by Gasteiger charge is -2.28. The number of nitrogens with zero attached hydrogens (tertiary/aromatic N) is 2. The van der Waals surface area contributed by atoms with Gasteiger partial charge in [0.2, 0.25) is 18.1 Å². The summed E-state index contributed by atoms with van der Waals surface area (Å²) < 4.78 is 31.1. The number of ketones is 1. The van der Waals surface area contributed by atoms with Crippen LogP contribution in [0.4, 0.5) is 11.4 Å². The fraction of sp³-hybridized carbons (Fsp3) is 0.500. The summed E-state index contributed by atoms with van der Waals surface area (Å²) in [5.74, 6) is -4.29. The van der Waals surface area contributed by atoms with Gasteiger partial charge in [-0.25, -0.2) is 13.9 Å². The summed E-state index contributed by atoms with van der Waals surface area (Å²) in [5.41, 5.74) is 6.62. The van der Waals surface area contributed by atoms with Crippen LogP contribution in [0.5, 0.6) is 0 Å². The molecule has 1 aliphatic rings. The van der Waals surface area contributed by atoms with Gasteiger partial charge >= 0.3 is 26.2 Å². The molecule has 1 aliphatic heterocycles. The molecule has 2 unspecified atom stereocenters. The smallest absolute Gasteiger partial charge is 0.373 e. The molecule has 1 aromatic heterocycles. The maximum Gasteiger partial charge on any atom is 0.373 e. The molecule has 4 rings (SSSR count). The molecule has 0 saturated heterocycles. The Morgan fingerprint density at radius 2 is 1.68 bits per heavy atom. The zero-order valence-electron chi connectivity index (χ0n) is 37.6. The standard InChI is InChI=1S/C42H60N8O16P2/c1-3-26(2)36-40(56)46-34(6-4-5-14-43)39(55)47-35-21-28(41(57)58)7-8-29(35)22-45-33-12-9-27(20-32(33)38(54)48-36)37(53)44-15-19-66-18-13-30(51)10-11-31(52)23-49-16-17-50(25-49)24-42(59,67(60,61)62)68(63,64)65/h7-9,12,16-17,20-21,25-26,31,34,36,52,59H,3-6,10-11,13-15,18-19,22-24,43H2,1-2H3,(H9-,44,45,46,47,48,53,54,55,56,57,58,60,61,62,63,64,65)/p+1/t26?,31?,34-,36-/m0/s1. The molecule has 2 heterocycles. The van der Waals surface area contributed by atoms with Gasteiger partial charge in [-0.1, -0.05) is 26.3 Å². The number of carboxylic acids is 1. The fourth-order valence-electron chi connectivity index (χ4n) is 7.02. The number of aromatic carboxylic acids is 1. The van der Waals surface area contributed by atoms with Crippen molar-refractivity contribution in [2.75, 3.05) is 36.9 Å². The number of imidazole rings is 1. The molecular formula is C42H61N8O16P2+. The normalized spacial score (nSPS) is 17.0. The van der Waals surface area contributed by atoms with Crippen molar-refractivity contribution in [1.82, 2.24) is 20.5 Å². The first-order valence-corrected chi connectivity index (χ1v) is 25.0. The first-order valence-electron chi connectivity index (χ1n) is 21.8. The van der Waals surface area contributed by atoms with Crippen molar-refractivity contribution in [3.8, 4) is 0 Å². The number of Topliss-reactive ketones (excluding diaryl/α,β-unsaturated/α-hetero) is 1. The molecule has 374 valence electrons. The molecule has 24 nitrogen and oxygen atoms in total. The number of fused-ring (bicyclic) bond motifs is 2. The van der Waals surface area contributed by atoms with E-state index in [1.165, 1.54) is 53.4 Å². The molecule has 2 aromatic carbocycles. The summed E-state index contributed by atoms with van der Waals surface area (Å²) in [6.45, 7) is 2.78. The Hall–Kier alpha value is -5.39. The van der Waals surface area contributed by atoms with Crippen LogP contribution >= 0.6 is 15.2 Å². The number of carboxylic acid groups (broad SMARTS) is 1. The van der Waals surface area contributed by atoms with Crippen molar-refractivity contribution in [1.29, 1.82) is 0 Å². The number of carbonyl (C=O) groups excluding carboxylic acids is 5. The third-order valence-corrected chi connectivity index (χ3v) is 15.0. The summed E-state index contributed by atoms with van der Waals surface area (Å²) in [6, 6.07) is 6.38. The van der Waals surface area contributed by atoms with Gasteiger partial charge in [0.1, 0.15) is 43.4 Å². The number of hydrogen-bond donors (Lipinski definition) is 13. The number of unbranched alkanes of at least 4 members (excludes halogenated alkanes) is 1. The molecule has 0 fully saturated rings. The molecule has 0 radical (unpaired) electrons. The summed E-state index contributed by atoms with van der Waals surface area (Å²) in [7, 11) is -11.4. The van der Waals surface area contributed by atoms with Crippen LogP contribution in [0.2, 0.25) is 0 Å². The molecular weight excluding hydrogens is 934 g/mol. The van der Waals surface area contributed by atoms with E-state index in [0.717, 1.165) is 10.9 Å². The Bertz CT molecular complexity index is 2360. The van der Waals surface area contributed by atoms with E-state index in [2.05, 4.69) is 26.6 Å². The molecule has 0 saturated carbocycles. The van der Waals surface area contributed by atoms with E-state index in [9.17, 15) is 72.8 Å². The Morgan fingerprint density at radius 3 is 2.34 bits per heavy atom. The number of aromatic nitrogens is 2. The van der Waals surface area contributed by atoms with Crippen molar-refractivity contribution < 1.29 is 82.1 Å². The van der Waals surface area contributed by atoms with Gasteiger partial charge in [-0.2, -0.15) is 0 Å². The molecule has 0 aliphatic carbocycles. The average molecular weight is 996 g/mol. The van der Waals surface area contributed by atoms with Gasteiger partial charge in [0.05, 0.1) is 30.4 Å². The number of amides is 4. The van der Waals surface area contributed by atoms with Crippen molar-refractivity contribution >= 4 is 61.9 Å². The van der Waals surface area contributed by atoms with E-state index in [0.29, 0.717) is 31.4 Å². The highest BCUT2D eigenvalue weighted by molar-refractivity contribution is 7.72. The SMILES string of the molecule is CCC(C)[C@@H]1NC(=O)c2cc(C(=O)NCCOCCC(=O)CCC(O)Cn3cc[n+](CC(O)(P(=O)(O)O)P(=O)(O)O)c3)ccc2NCc2ccc(C(=O)O)cc2NC(=O)[C@H](CCCCN)NC1=O. The van der Waals surface area contributed by atoms with E-state index in [4.69, 9.17) is 10.5 Å². The van der Waals surface area contributed by atoms with Gasteiger partial charge in [-0.3, -0.25) is 33.1 Å². The van der Waals surface area contributed by atoms with E-state index >= 15 is 0 Å². The number of anilines is 2. The zero-order chi connectivity index (χ0) is 50.4. The Kier molecular flexibility index (Phi) is 20.1. The number of carbonyl (C=O) groups is 6. The molecule has 0 spiro atoms. The Balaban J connectivity index is 1.36. The van der Waals surface area contributed by atoms with Crippen LogP contribution < -0.4 is 36.9 Å². The fourth-order valence-corrected chi connectivity index (χ4v) is 9.07. The maximum absolute atomic E-state index is 14.1. The quantitative estimate of drug-likeness (QED) is 0.0346. The predicted molar refractivity (Wildman–Crippen MR) is 243 cm³/mol. The van der Waals surface area contributed by atoms with Gasteiger partial charge in [0.25, 0.3) is 11.8 Å². The molecule has 4 amide bonds. The van der Waals surface area contributed by atoms with Gasteiger partial charge < -0.3 is 71.9 Å². The monoisotopic (exact) mass is 995 g/mol. The third kappa shape index (κ3) is 15.3. The molecule has 26 heteroatoms. The van der Waals surface area contributed by atoms with Gasteiger partial charge in [0, 0.05) is 42.9 Å². The van der Waals surface area contributed by atoms with Crippen molar-refractivity contribution in [2.24, 2.45) is 11.7 Å². The summed E-state index contributed by atoms with van der Waals surface area (Å²) in [6.07, 6.45) is 4.37. The summed E-state index contributed by atoms with van der Waals surface area (Å²) >= 11 is 0. The Morgan fingerprint density at radius 1 is 0.971 bits per heavy atom. The first-order chi connectivity index (χ1) is 32.0. The molecule has 68 heavy (non-hydrogen) atoms. The molecule has 14 N–H and O–H groups in total. The second kappa shape index (κ2) is 24.8. The minimum Gasteiger partial charge on any atom is -0.478 e. The second-order valence-electron chi connectivity index (χ2n) is 16.5. The lowest BCUT2D eigenvalue weighted by molar-refractivity contribution is -0.703. The highest BCUT2D eigenvalue weighted by Gasteiger charge is 2.61. The second-order valence-corrected chi connectivity index (χ2v) is 20.5. The van der Waals surface area contributed by atoms with Crippen LogP contribution in [0.15, 0.2) is 55.1 Å². The number of aliphatic hydroxyl groups excluding tert-OH is 1. The Labute approximate surface area is 391 Å². The van der Waals surface area contributed by atoms with Crippen LogP contribution in [-0.2, 0) is 47.9 Å². The minimum absolute atomic E-state index is 0.00105. The summed E-state index contributed by atoms with van der Waals surface area (Å²) in [4.78, 5) is 117. The number of ether oxygens (including phenoxy) is 1. The lowest BCUT2D eigenvalue weighted by atomic mass is 9.96.